The van der Waals surface area contributed by atoms with E-state index in [1.54, 1.807) is 24.3 Å². The van der Waals surface area contributed by atoms with E-state index in [1.807, 2.05) is 28.5 Å². The third-order valence-electron chi connectivity index (χ3n) is 3.84. The summed E-state index contributed by atoms with van der Waals surface area (Å²) >= 11 is 1.54. The molecule has 28 heavy (non-hydrogen) atoms. The molecule has 0 aliphatic rings. The average molecular weight is 426 g/mol. The van der Waals surface area contributed by atoms with E-state index < -0.39 is 16.1 Å². The van der Waals surface area contributed by atoms with Crippen LogP contribution in [0.2, 0.25) is 0 Å². The molecule has 10 heteroatoms. The molecule has 0 bridgehead atoms. The number of nitrogens with one attached hydrogen (secondary N) is 3. The molecule has 1 aromatic heterocycles. The normalized spacial score (nSPS) is 12.1. The van der Waals surface area contributed by atoms with Gasteiger partial charge in [0.25, 0.3) is 10.0 Å². The van der Waals surface area contributed by atoms with E-state index in [-0.39, 0.29) is 35.6 Å². The van der Waals surface area contributed by atoms with Crippen molar-refractivity contribution in [3.05, 3.63) is 46.2 Å². The number of rotatable bonds is 8. The fourth-order valence-corrected chi connectivity index (χ4v) is 4.37. The maximum absolute atomic E-state index is 12.5. The number of carbonyl (C=O) groups excluding carboxylic acids is 2. The minimum Gasteiger partial charge on any atom is -0.492 e. The summed E-state index contributed by atoms with van der Waals surface area (Å²) in [5.41, 5.74) is 1.49. The Morgan fingerprint density at radius 3 is 2.61 bits per heavy atom. The van der Waals surface area contributed by atoms with Crippen molar-refractivity contribution in [2.45, 2.75) is 31.2 Å². The van der Waals surface area contributed by atoms with Crippen LogP contribution in [0.1, 0.15) is 31.0 Å². The molecule has 1 aromatic carbocycles. The summed E-state index contributed by atoms with van der Waals surface area (Å²) in [6.07, 6.45) is -0.0105. The lowest BCUT2D eigenvalue weighted by molar-refractivity contribution is -0.121. The molecule has 2 aromatic rings. The number of sulfonamides is 1. The summed E-state index contributed by atoms with van der Waals surface area (Å²) in [7, 11) is -2.85. The van der Waals surface area contributed by atoms with E-state index in [1.165, 1.54) is 19.2 Å². The molecule has 1 atom stereocenters. The van der Waals surface area contributed by atoms with Gasteiger partial charge in [0.05, 0.1) is 19.1 Å². The van der Waals surface area contributed by atoms with Crippen molar-refractivity contribution >= 4 is 33.3 Å². The first kappa shape index (κ1) is 21.7. The van der Waals surface area contributed by atoms with Crippen LogP contribution < -0.4 is 20.1 Å². The second kappa shape index (κ2) is 9.56. The largest absolute Gasteiger partial charge is 0.492 e. The third kappa shape index (κ3) is 5.70. The number of carbonyl (C=O) groups is 2. The monoisotopic (exact) mass is 425 g/mol. The number of hydrogen-bond donors (Lipinski definition) is 3. The third-order valence-corrected chi connectivity index (χ3v) is 5.89. The molecule has 152 valence electrons. The van der Waals surface area contributed by atoms with Gasteiger partial charge in [-0.2, -0.15) is 11.3 Å². The highest BCUT2D eigenvalue weighted by atomic mass is 32.2. The Morgan fingerprint density at radius 2 is 2.00 bits per heavy atom. The lowest BCUT2D eigenvalue weighted by Gasteiger charge is -2.15. The number of amides is 3. The molecule has 0 aliphatic carbocycles. The lowest BCUT2D eigenvalue weighted by atomic mass is 10.1. The zero-order valence-electron chi connectivity index (χ0n) is 15.8. The zero-order valence-corrected chi connectivity index (χ0v) is 17.4. The molecule has 1 heterocycles. The smallest absolute Gasteiger partial charge is 0.328 e. The molecule has 3 N–H and O–H groups in total. The molecular formula is C18H23N3O5S2. The molecule has 1 unspecified atom stereocenters. The summed E-state index contributed by atoms with van der Waals surface area (Å²) in [5.74, 6) is -0.139. The Hall–Kier alpha value is -2.59. The van der Waals surface area contributed by atoms with Crippen molar-refractivity contribution in [2.24, 2.45) is 0 Å². The molecule has 0 fully saturated rings. The van der Waals surface area contributed by atoms with Crippen LogP contribution in [0.5, 0.6) is 5.75 Å². The first-order valence-corrected chi connectivity index (χ1v) is 11.0. The standard InChI is InChI=1S/C18H23N3O5S2/c1-4-26-15-6-5-13(9-16(15)28(24,25)21-18(23)19-3)10-17(22)20-12(2)14-7-8-27-11-14/h5-9,11-12H,4,10H2,1-3H3,(H,20,22)(H2,19,21,23). The first-order chi connectivity index (χ1) is 13.3. The highest BCUT2D eigenvalue weighted by Crippen LogP contribution is 2.26. The number of urea groups is 1. The Kier molecular flexibility index (Phi) is 7.41. The van der Waals surface area contributed by atoms with Gasteiger partial charge in [0.1, 0.15) is 10.6 Å². The number of thiophene rings is 1. The molecule has 0 radical (unpaired) electrons. The first-order valence-electron chi connectivity index (χ1n) is 8.58. The van der Waals surface area contributed by atoms with Crippen molar-refractivity contribution in [1.82, 2.24) is 15.4 Å². The van der Waals surface area contributed by atoms with Gasteiger partial charge in [-0.1, -0.05) is 6.07 Å². The second-order valence-corrected chi connectivity index (χ2v) is 8.35. The van der Waals surface area contributed by atoms with Gasteiger partial charge in [0.2, 0.25) is 5.91 Å². The van der Waals surface area contributed by atoms with Crippen LogP contribution in [0.4, 0.5) is 4.79 Å². The average Bonchev–Trinajstić information content (AvgIpc) is 3.17. The molecule has 2 rings (SSSR count). The van der Waals surface area contributed by atoms with Crippen LogP contribution in [0.3, 0.4) is 0 Å². The van der Waals surface area contributed by atoms with Gasteiger partial charge in [-0.25, -0.2) is 17.9 Å². The topological polar surface area (TPSA) is 114 Å². The van der Waals surface area contributed by atoms with Crippen LogP contribution in [0.15, 0.2) is 39.9 Å². The minimum absolute atomic E-state index is 0.0105. The van der Waals surface area contributed by atoms with Crippen LogP contribution in [-0.4, -0.2) is 34.0 Å². The van der Waals surface area contributed by atoms with E-state index in [0.29, 0.717) is 5.56 Å². The molecule has 0 aliphatic heterocycles. The Morgan fingerprint density at radius 1 is 1.25 bits per heavy atom. The SMILES string of the molecule is CCOc1ccc(CC(=O)NC(C)c2ccsc2)cc1S(=O)(=O)NC(=O)NC. The van der Waals surface area contributed by atoms with Crippen molar-refractivity contribution in [3.8, 4) is 5.75 Å². The van der Waals surface area contributed by atoms with E-state index in [0.717, 1.165) is 5.56 Å². The number of hydrogen-bond acceptors (Lipinski definition) is 6. The molecule has 8 nitrogen and oxygen atoms in total. The fourth-order valence-electron chi connectivity index (χ4n) is 2.46. The summed E-state index contributed by atoms with van der Waals surface area (Å²) in [6, 6.07) is 5.35. The highest BCUT2D eigenvalue weighted by Gasteiger charge is 2.23. The molecule has 0 saturated carbocycles. The summed E-state index contributed by atoms with van der Waals surface area (Å²) in [6.45, 7) is 3.84. The van der Waals surface area contributed by atoms with E-state index in [4.69, 9.17) is 4.74 Å². The van der Waals surface area contributed by atoms with E-state index >= 15 is 0 Å². The van der Waals surface area contributed by atoms with Crippen molar-refractivity contribution < 1.29 is 22.7 Å². The van der Waals surface area contributed by atoms with E-state index in [9.17, 15) is 18.0 Å². The molecule has 3 amide bonds. The van der Waals surface area contributed by atoms with Gasteiger partial charge >= 0.3 is 6.03 Å². The molecular weight excluding hydrogens is 402 g/mol. The molecule has 0 spiro atoms. The maximum Gasteiger partial charge on any atom is 0.328 e. The van der Waals surface area contributed by atoms with Gasteiger partial charge in [0.15, 0.2) is 0 Å². The summed E-state index contributed by atoms with van der Waals surface area (Å²) in [5, 5.41) is 8.96. The predicted molar refractivity (Wildman–Crippen MR) is 107 cm³/mol. The highest BCUT2D eigenvalue weighted by molar-refractivity contribution is 7.90. The minimum atomic E-state index is -4.16. The quantitative estimate of drug-likeness (QED) is 0.600. The zero-order chi connectivity index (χ0) is 20.7. The van der Waals surface area contributed by atoms with E-state index in [2.05, 4.69) is 10.6 Å². The van der Waals surface area contributed by atoms with Gasteiger partial charge in [0, 0.05) is 7.05 Å². The van der Waals surface area contributed by atoms with Crippen LogP contribution in [-0.2, 0) is 21.2 Å². The number of benzene rings is 1. The van der Waals surface area contributed by atoms with Crippen molar-refractivity contribution in [3.63, 3.8) is 0 Å². The van der Waals surface area contributed by atoms with Gasteiger partial charge < -0.3 is 15.4 Å². The Labute approximate surface area is 168 Å². The Balaban J connectivity index is 2.21. The maximum atomic E-state index is 12.5. The van der Waals surface area contributed by atoms with Crippen LogP contribution >= 0.6 is 11.3 Å². The Bertz CT molecular complexity index is 927. The van der Waals surface area contributed by atoms with Gasteiger partial charge in [-0.3, -0.25) is 4.79 Å². The predicted octanol–water partition coefficient (Wildman–Crippen LogP) is 2.18. The van der Waals surface area contributed by atoms with Crippen LogP contribution in [0, 0.1) is 0 Å². The van der Waals surface area contributed by atoms with Gasteiger partial charge in [-0.05, 0) is 53.9 Å². The summed E-state index contributed by atoms with van der Waals surface area (Å²) < 4.78 is 32.3. The van der Waals surface area contributed by atoms with Crippen molar-refractivity contribution in [2.75, 3.05) is 13.7 Å². The fraction of sp³-hybridized carbons (Fsp3) is 0.333. The summed E-state index contributed by atoms with van der Waals surface area (Å²) in [4.78, 5) is 23.6. The van der Waals surface area contributed by atoms with Crippen molar-refractivity contribution in [1.29, 1.82) is 0 Å². The molecule has 0 saturated heterocycles. The second-order valence-electron chi connectivity index (χ2n) is 5.92. The number of ether oxygens (including phenoxy) is 1. The lowest BCUT2D eigenvalue weighted by Crippen LogP contribution is -2.37. The van der Waals surface area contributed by atoms with Gasteiger partial charge in [-0.15, -0.1) is 0 Å². The van der Waals surface area contributed by atoms with Crippen LogP contribution in [0.25, 0.3) is 0 Å².